The molecule has 13 nitrogen and oxygen atoms in total. The van der Waals surface area contributed by atoms with E-state index in [-0.39, 0.29) is 0 Å². The van der Waals surface area contributed by atoms with E-state index < -0.39 is 36.4 Å². The first-order valence-electron chi connectivity index (χ1n) is 17.9. The van der Waals surface area contributed by atoms with Crippen LogP contribution < -0.4 is 0 Å². The van der Waals surface area contributed by atoms with Crippen LogP contribution >= 0.6 is 0 Å². The molecule has 3 fully saturated rings. The third kappa shape index (κ3) is 13.0. The van der Waals surface area contributed by atoms with E-state index in [1.807, 2.05) is 39.4 Å². The lowest BCUT2D eigenvalue weighted by molar-refractivity contribution is -0.170. The fraction of sp³-hybridized carbons (Fsp3) is 0.538. The van der Waals surface area contributed by atoms with Crippen molar-refractivity contribution in [1.82, 2.24) is 29.7 Å². The Morgan fingerprint density at radius 1 is 0.596 bits per heavy atom. The number of pyridine rings is 3. The van der Waals surface area contributed by atoms with Crippen molar-refractivity contribution in [2.24, 2.45) is 0 Å². The fourth-order valence-electron chi connectivity index (χ4n) is 6.74. The Balaban J connectivity index is 0.000000187. The Morgan fingerprint density at radius 3 is 1.06 bits per heavy atom. The first-order valence-corrected chi connectivity index (χ1v) is 17.9. The molecule has 3 aliphatic heterocycles. The summed E-state index contributed by atoms with van der Waals surface area (Å²) in [6.07, 6.45) is 11.5. The second-order valence-electron chi connectivity index (χ2n) is 14.1. The number of carboxylic acids is 3. The van der Waals surface area contributed by atoms with Crippen molar-refractivity contribution in [1.29, 1.82) is 0 Å². The topological polar surface area (TPSA) is 181 Å². The smallest absolute Gasteiger partial charge is 0.336 e. The third-order valence-electron chi connectivity index (χ3n) is 9.80. The van der Waals surface area contributed by atoms with Crippen molar-refractivity contribution in [2.45, 2.75) is 95.9 Å². The van der Waals surface area contributed by atoms with Gasteiger partial charge in [0.15, 0.2) is 5.60 Å². The van der Waals surface area contributed by atoms with E-state index in [1.165, 1.54) is 74.8 Å². The molecule has 3 atom stereocenters. The Morgan fingerprint density at radius 2 is 0.885 bits per heavy atom. The molecule has 0 saturated carbocycles. The number of hydrogen-bond donors (Lipinski definition) is 4. The zero-order chi connectivity index (χ0) is 38.4. The number of rotatable bonds is 8. The fourth-order valence-corrected chi connectivity index (χ4v) is 6.74. The molecule has 13 heteroatoms. The molecule has 0 aromatic carbocycles. The van der Waals surface area contributed by atoms with Crippen LogP contribution in [-0.2, 0) is 14.4 Å². The maximum Gasteiger partial charge on any atom is 0.336 e. The number of aliphatic hydroxyl groups is 1. The standard InChI is InChI=1S/3C11H16N2.C6H8O7/c3*1-9-5-6-10(8-12-9)11-4-3-7-13(11)2;7-3(8)1-6(13,5(11)12)2-4(9)10/h3*5-6,8,11H,3-4,7H2,1-2H3;13H,1-2H2,(H,7,8)(H,9,10)(H,11,12)/t3*11-;/m000./s1. The van der Waals surface area contributed by atoms with Gasteiger partial charge in [-0.1, -0.05) is 18.2 Å². The van der Waals surface area contributed by atoms with Gasteiger partial charge in [-0.05, 0) is 135 Å². The molecule has 284 valence electrons. The molecule has 0 radical (unpaired) electrons. The summed E-state index contributed by atoms with van der Waals surface area (Å²) < 4.78 is 0. The molecule has 3 aromatic heterocycles. The second kappa shape index (κ2) is 20.1. The second-order valence-corrected chi connectivity index (χ2v) is 14.1. The van der Waals surface area contributed by atoms with Gasteiger partial charge in [0.05, 0.1) is 12.8 Å². The van der Waals surface area contributed by atoms with Gasteiger partial charge in [0, 0.05) is 53.8 Å². The first kappa shape index (κ1) is 42.1. The highest BCUT2D eigenvalue weighted by molar-refractivity contribution is 5.88. The summed E-state index contributed by atoms with van der Waals surface area (Å²) in [5, 5.41) is 33.8. The van der Waals surface area contributed by atoms with Gasteiger partial charge in [0.25, 0.3) is 0 Å². The third-order valence-corrected chi connectivity index (χ3v) is 9.80. The van der Waals surface area contributed by atoms with Crippen LogP contribution in [0.1, 0.15) is 103 Å². The Kier molecular flexibility index (Phi) is 16.3. The highest BCUT2D eigenvalue weighted by atomic mass is 16.4. The molecule has 0 spiro atoms. The highest BCUT2D eigenvalue weighted by Crippen LogP contribution is 2.31. The normalized spacial score (nSPS) is 20.5. The van der Waals surface area contributed by atoms with Gasteiger partial charge in [0.1, 0.15) is 0 Å². The average Bonchev–Trinajstić information content (AvgIpc) is 3.83. The van der Waals surface area contributed by atoms with E-state index >= 15 is 0 Å². The molecule has 3 aliphatic rings. The quantitative estimate of drug-likeness (QED) is 0.238. The zero-order valence-corrected chi connectivity index (χ0v) is 31.4. The largest absolute Gasteiger partial charge is 0.481 e. The molecular weight excluding hydrogens is 664 g/mol. The minimum atomic E-state index is -2.74. The van der Waals surface area contributed by atoms with E-state index in [0.717, 1.165) is 17.1 Å². The van der Waals surface area contributed by atoms with Crippen molar-refractivity contribution in [3.8, 4) is 0 Å². The van der Waals surface area contributed by atoms with Crippen LogP contribution in [0.3, 0.4) is 0 Å². The number of likely N-dealkylation sites (tertiary alicyclic amines) is 3. The van der Waals surface area contributed by atoms with Crippen LogP contribution in [-0.4, -0.2) is 114 Å². The van der Waals surface area contributed by atoms with E-state index in [0.29, 0.717) is 18.1 Å². The van der Waals surface area contributed by atoms with Crippen molar-refractivity contribution in [3.63, 3.8) is 0 Å². The lowest BCUT2D eigenvalue weighted by Crippen LogP contribution is -2.42. The summed E-state index contributed by atoms with van der Waals surface area (Å²) in [5.74, 6) is -5.02. The van der Waals surface area contributed by atoms with Gasteiger partial charge in [-0.2, -0.15) is 0 Å². The predicted molar refractivity (Wildman–Crippen MR) is 198 cm³/mol. The van der Waals surface area contributed by atoms with Gasteiger partial charge >= 0.3 is 17.9 Å². The molecule has 3 aromatic rings. The minimum Gasteiger partial charge on any atom is -0.481 e. The van der Waals surface area contributed by atoms with Gasteiger partial charge in [-0.25, -0.2) is 4.79 Å². The molecule has 52 heavy (non-hydrogen) atoms. The molecule has 3 saturated heterocycles. The number of aliphatic carboxylic acids is 3. The Labute approximate surface area is 307 Å². The Bertz CT molecular complexity index is 1410. The van der Waals surface area contributed by atoms with Crippen molar-refractivity contribution in [2.75, 3.05) is 40.8 Å². The lowest BCUT2D eigenvalue weighted by Gasteiger charge is -2.19. The van der Waals surface area contributed by atoms with E-state index in [1.54, 1.807) is 0 Å². The summed E-state index contributed by atoms with van der Waals surface area (Å²) in [6, 6.07) is 14.7. The number of nitrogens with zero attached hydrogens (tertiary/aromatic N) is 6. The SMILES string of the molecule is Cc1ccc([C@@H]2CCCN2C)cn1.Cc1ccc([C@@H]2CCCN2C)cn1.Cc1ccc([C@@H]2CCCN2C)cn1.O=C(O)CC(O)(CC(=O)O)C(=O)O. The van der Waals surface area contributed by atoms with E-state index in [9.17, 15) is 14.4 Å². The molecule has 6 rings (SSSR count). The number of aryl methyl sites for hydroxylation is 3. The summed E-state index contributed by atoms with van der Waals surface area (Å²) in [5.41, 5.74) is 4.66. The van der Waals surface area contributed by atoms with E-state index in [2.05, 4.69) is 87.2 Å². The maximum absolute atomic E-state index is 10.3. The zero-order valence-electron chi connectivity index (χ0n) is 31.4. The molecule has 0 unspecified atom stereocenters. The summed E-state index contributed by atoms with van der Waals surface area (Å²) in [4.78, 5) is 50.7. The average molecular weight is 721 g/mol. The van der Waals surface area contributed by atoms with Crippen LogP contribution in [0.5, 0.6) is 0 Å². The lowest BCUT2D eigenvalue weighted by atomic mass is 9.96. The van der Waals surface area contributed by atoms with Gasteiger partial charge in [-0.15, -0.1) is 0 Å². The van der Waals surface area contributed by atoms with Crippen LogP contribution in [0.25, 0.3) is 0 Å². The van der Waals surface area contributed by atoms with Crippen LogP contribution in [0.15, 0.2) is 55.0 Å². The summed E-state index contributed by atoms with van der Waals surface area (Å²) in [7, 11) is 6.58. The number of carbonyl (C=O) groups is 3. The van der Waals surface area contributed by atoms with Crippen LogP contribution in [0, 0.1) is 20.8 Å². The van der Waals surface area contributed by atoms with Crippen molar-refractivity contribution >= 4 is 17.9 Å². The Hall–Kier alpha value is -4.30. The molecule has 0 amide bonds. The minimum absolute atomic E-state index is 0.605. The summed E-state index contributed by atoms with van der Waals surface area (Å²) >= 11 is 0. The van der Waals surface area contributed by atoms with Gasteiger partial charge in [0.2, 0.25) is 0 Å². The number of aromatic nitrogens is 3. The summed E-state index contributed by atoms with van der Waals surface area (Å²) in [6.45, 7) is 9.75. The van der Waals surface area contributed by atoms with Gasteiger partial charge < -0.3 is 20.4 Å². The maximum atomic E-state index is 10.3. The molecule has 0 bridgehead atoms. The van der Waals surface area contributed by atoms with E-state index in [4.69, 9.17) is 20.4 Å². The molecule has 6 heterocycles. The molecule has 4 N–H and O–H groups in total. The van der Waals surface area contributed by atoms with Crippen LogP contribution in [0.4, 0.5) is 0 Å². The van der Waals surface area contributed by atoms with Crippen molar-refractivity contribution in [3.05, 3.63) is 88.8 Å². The van der Waals surface area contributed by atoms with Crippen molar-refractivity contribution < 1.29 is 34.8 Å². The van der Waals surface area contributed by atoms with Crippen LogP contribution in [0.2, 0.25) is 0 Å². The number of carboxylic acid groups (broad SMARTS) is 3. The monoisotopic (exact) mass is 720 g/mol. The first-order chi connectivity index (χ1) is 24.6. The highest BCUT2D eigenvalue weighted by Gasteiger charge is 2.40. The number of hydrogen-bond acceptors (Lipinski definition) is 10. The predicted octanol–water partition coefficient (Wildman–Crippen LogP) is 5.22. The molecule has 0 aliphatic carbocycles. The molecular formula is C39H56N6O7. The van der Waals surface area contributed by atoms with Gasteiger partial charge in [-0.3, -0.25) is 39.2 Å².